The van der Waals surface area contributed by atoms with Crippen LogP contribution in [0.2, 0.25) is 0 Å². The number of carbonyl (C=O) groups is 9. The number of nitrogens with one attached hydrogen (secondary N) is 9. The summed E-state index contributed by atoms with van der Waals surface area (Å²) in [5, 5.41) is 39.9. The summed E-state index contributed by atoms with van der Waals surface area (Å²) >= 11 is 0. The molecule has 13 N–H and O–H groups in total. The Kier molecular flexibility index (Phi) is 23.0. The molecule has 1 aromatic heterocycles. The zero-order chi connectivity index (χ0) is 52.1. The summed E-state index contributed by atoms with van der Waals surface area (Å²) in [6.07, 6.45) is 3.43. The number of aromatic hydroxyl groups is 1. The predicted molar refractivity (Wildman–Crippen MR) is 257 cm³/mol. The van der Waals surface area contributed by atoms with E-state index in [2.05, 4.69) is 52.5 Å². The van der Waals surface area contributed by atoms with E-state index < -0.39 is 115 Å². The smallest absolute Gasteiger partial charge is 0.326 e. The molecule has 2 aromatic carbocycles. The number of imidazole rings is 1. The van der Waals surface area contributed by atoms with Crippen molar-refractivity contribution in [3.8, 4) is 5.75 Å². The summed E-state index contributed by atoms with van der Waals surface area (Å²) < 4.78 is 0. The van der Waals surface area contributed by atoms with Crippen LogP contribution in [0.1, 0.15) is 78.1 Å². The number of phenols is 1. The van der Waals surface area contributed by atoms with Crippen molar-refractivity contribution in [2.24, 2.45) is 23.5 Å². The molecule has 8 atom stereocenters. The van der Waals surface area contributed by atoms with E-state index in [4.69, 9.17) is 5.73 Å². The highest BCUT2D eigenvalue weighted by Gasteiger charge is 2.34. The van der Waals surface area contributed by atoms with Crippen LogP contribution < -0.4 is 48.3 Å². The van der Waals surface area contributed by atoms with Crippen LogP contribution in [0.4, 0.5) is 0 Å². The first-order valence-electron chi connectivity index (χ1n) is 23.2. The third kappa shape index (κ3) is 19.3. The average Bonchev–Trinajstić information content (AvgIpc) is 3.83. The van der Waals surface area contributed by atoms with Crippen molar-refractivity contribution >= 4 is 53.2 Å². The fraction of sp³-hybridized carbons (Fsp3) is 0.500. The third-order valence-electron chi connectivity index (χ3n) is 11.3. The number of aromatic amines is 1. The molecule has 0 spiro atoms. The molecule has 22 heteroatoms. The topological polar surface area (TPSA) is 345 Å². The summed E-state index contributed by atoms with van der Waals surface area (Å²) in [4.78, 5) is 126. The molecule has 3 rings (SSSR count). The van der Waals surface area contributed by atoms with Gasteiger partial charge in [-0.2, -0.15) is 0 Å². The van der Waals surface area contributed by atoms with Gasteiger partial charge in [-0.3, -0.25) is 38.4 Å². The second kappa shape index (κ2) is 28.2. The Bertz CT molecular complexity index is 2220. The van der Waals surface area contributed by atoms with Gasteiger partial charge in [0.15, 0.2) is 0 Å². The lowest BCUT2D eigenvalue weighted by molar-refractivity contribution is -0.141. The number of nitrogens with two attached hydrogens (primary N) is 1. The van der Waals surface area contributed by atoms with Gasteiger partial charge in [-0.25, -0.2) is 9.78 Å². The number of amides is 8. The van der Waals surface area contributed by atoms with E-state index >= 15 is 0 Å². The lowest BCUT2D eigenvalue weighted by Crippen LogP contribution is -2.59. The highest BCUT2D eigenvalue weighted by molar-refractivity contribution is 5.97. The first-order chi connectivity index (χ1) is 33.1. The van der Waals surface area contributed by atoms with E-state index in [1.165, 1.54) is 43.7 Å². The SMILES string of the molecule is CC[C@H](C)[C@H](NC(=O)[C@@H](N)CC(C)C)C(=O)N[C@H](C(=O)NCC(=O)N[C@@H](Cc1ccccc1)C(=O)N[C@@H](C)C(=O)N[C@@H](Cc1ccc(O)cc1)C(=O)NCC(=O)N[C@@H](Cc1cnc[nH]1)C(=O)O)C(C)C. The second-order valence-corrected chi connectivity index (χ2v) is 18.0. The van der Waals surface area contributed by atoms with Gasteiger partial charge in [0.25, 0.3) is 0 Å². The van der Waals surface area contributed by atoms with E-state index in [0.717, 1.165) is 0 Å². The highest BCUT2D eigenvalue weighted by Crippen LogP contribution is 2.14. The Morgan fingerprint density at radius 1 is 0.614 bits per heavy atom. The Morgan fingerprint density at radius 3 is 1.71 bits per heavy atom. The Hall–Kier alpha value is -7.36. The molecule has 3 aromatic rings. The Morgan fingerprint density at radius 2 is 1.17 bits per heavy atom. The lowest BCUT2D eigenvalue weighted by atomic mass is 9.95. The number of aromatic nitrogens is 2. The van der Waals surface area contributed by atoms with E-state index in [0.29, 0.717) is 29.7 Å². The van der Waals surface area contributed by atoms with E-state index in [1.807, 2.05) is 20.8 Å². The number of rotatable bonds is 28. The Balaban J connectivity index is 1.70. The summed E-state index contributed by atoms with van der Waals surface area (Å²) in [7, 11) is 0. The van der Waals surface area contributed by atoms with Crippen LogP contribution in [0.3, 0.4) is 0 Å². The van der Waals surface area contributed by atoms with Crippen LogP contribution in [-0.2, 0) is 62.4 Å². The number of hydrogen-bond donors (Lipinski definition) is 12. The van der Waals surface area contributed by atoms with Gasteiger partial charge in [-0.15, -0.1) is 0 Å². The molecule has 0 fully saturated rings. The fourth-order valence-corrected chi connectivity index (χ4v) is 7.04. The quantitative estimate of drug-likeness (QED) is 0.0436. The van der Waals surface area contributed by atoms with Crippen LogP contribution in [0.25, 0.3) is 0 Å². The minimum atomic E-state index is -1.34. The van der Waals surface area contributed by atoms with Crippen molar-refractivity contribution in [3.05, 3.63) is 83.9 Å². The van der Waals surface area contributed by atoms with Crippen molar-refractivity contribution in [3.63, 3.8) is 0 Å². The van der Waals surface area contributed by atoms with Crippen molar-refractivity contribution in [1.29, 1.82) is 0 Å². The minimum Gasteiger partial charge on any atom is -0.508 e. The maximum Gasteiger partial charge on any atom is 0.326 e. The molecule has 0 aliphatic rings. The Labute approximate surface area is 407 Å². The molecule has 0 aliphatic heterocycles. The normalized spacial score (nSPS) is 14.5. The van der Waals surface area contributed by atoms with Gasteiger partial charge in [0.1, 0.15) is 42.0 Å². The van der Waals surface area contributed by atoms with Gasteiger partial charge in [0.2, 0.25) is 47.3 Å². The number of H-pyrrole nitrogens is 1. The number of phenolic OH excluding ortho intramolecular Hbond substituents is 1. The second-order valence-electron chi connectivity index (χ2n) is 18.0. The molecular weight excluding hydrogens is 907 g/mol. The van der Waals surface area contributed by atoms with Gasteiger partial charge in [-0.05, 0) is 54.4 Å². The maximum absolute atomic E-state index is 13.9. The van der Waals surface area contributed by atoms with Crippen molar-refractivity contribution in [2.75, 3.05) is 13.1 Å². The number of carboxylic acid groups (broad SMARTS) is 1. The molecule has 0 unspecified atom stereocenters. The lowest BCUT2D eigenvalue weighted by Gasteiger charge is -2.29. The first-order valence-corrected chi connectivity index (χ1v) is 23.2. The molecule has 1 heterocycles. The van der Waals surface area contributed by atoms with Crippen LogP contribution in [0.15, 0.2) is 67.1 Å². The standard InChI is InChI=1S/C48H69N11O11/c1-8-28(6)41(59-43(64)34(49)18-26(2)3)47(68)58-40(27(4)5)46(67)52-24-38(61)55-36(19-30-12-10-9-11-13-30)45(66)54-29(7)42(63)57-35(20-31-14-16-33(60)17-15-31)44(65)51-23-39(62)56-37(48(69)70)21-32-22-50-25-53-32/h9-17,22,25-29,34-37,40-41,60H,8,18-21,23-24,49H2,1-7H3,(H,50,53)(H,51,65)(H,52,67)(H,54,66)(H,55,61)(H,56,62)(H,57,63)(H,58,68)(H,59,64)(H,69,70)/t28-,29-,34-,35-,36-,37-,40-,41-/m0/s1. The van der Waals surface area contributed by atoms with Crippen molar-refractivity contribution in [2.45, 2.75) is 123 Å². The summed E-state index contributed by atoms with van der Waals surface area (Å²) in [6.45, 7) is 11.0. The van der Waals surface area contributed by atoms with Gasteiger partial charge in [-0.1, -0.05) is 90.4 Å². The molecule has 0 radical (unpaired) electrons. The number of carboxylic acids is 1. The fourth-order valence-electron chi connectivity index (χ4n) is 7.04. The molecular formula is C48H69N11O11. The molecule has 0 saturated heterocycles. The van der Waals surface area contributed by atoms with Gasteiger partial charge in [0.05, 0.1) is 25.5 Å². The van der Waals surface area contributed by atoms with Gasteiger partial charge < -0.3 is 63.5 Å². The molecule has 0 saturated carbocycles. The third-order valence-corrected chi connectivity index (χ3v) is 11.3. The monoisotopic (exact) mass is 976 g/mol. The zero-order valence-corrected chi connectivity index (χ0v) is 40.7. The summed E-state index contributed by atoms with van der Waals surface area (Å²) in [5.74, 6) is -7.81. The van der Waals surface area contributed by atoms with Gasteiger partial charge in [0, 0.05) is 31.2 Å². The van der Waals surface area contributed by atoms with E-state index in [9.17, 15) is 53.4 Å². The van der Waals surface area contributed by atoms with Crippen molar-refractivity contribution in [1.82, 2.24) is 52.5 Å². The molecule has 0 bridgehead atoms. The predicted octanol–water partition coefficient (Wildman–Crippen LogP) is -0.536. The summed E-state index contributed by atoms with van der Waals surface area (Å²) in [5.41, 5.74) is 7.67. The molecule has 8 amide bonds. The first kappa shape index (κ1) is 57.0. The maximum atomic E-state index is 13.9. The van der Waals surface area contributed by atoms with E-state index in [1.54, 1.807) is 51.1 Å². The zero-order valence-electron chi connectivity index (χ0n) is 40.7. The molecule has 22 nitrogen and oxygen atoms in total. The van der Waals surface area contributed by atoms with Crippen molar-refractivity contribution < 1.29 is 53.4 Å². The minimum absolute atomic E-state index is 0.0342. The van der Waals surface area contributed by atoms with Crippen LogP contribution in [0.5, 0.6) is 5.75 Å². The summed E-state index contributed by atoms with van der Waals surface area (Å²) in [6, 6.07) is 6.26. The van der Waals surface area contributed by atoms with Gasteiger partial charge >= 0.3 is 5.97 Å². The average molecular weight is 976 g/mol. The molecule has 382 valence electrons. The number of nitrogens with zero attached hydrogens (tertiary/aromatic N) is 1. The number of benzene rings is 2. The largest absolute Gasteiger partial charge is 0.508 e. The number of carbonyl (C=O) groups excluding carboxylic acids is 8. The number of hydrogen-bond acceptors (Lipinski definition) is 12. The van der Waals surface area contributed by atoms with Crippen LogP contribution in [0, 0.1) is 17.8 Å². The van der Waals surface area contributed by atoms with Crippen LogP contribution in [-0.4, -0.2) is 129 Å². The highest BCUT2D eigenvalue weighted by atomic mass is 16.4. The molecule has 70 heavy (non-hydrogen) atoms. The van der Waals surface area contributed by atoms with E-state index in [-0.39, 0.29) is 36.8 Å². The molecule has 0 aliphatic carbocycles. The number of aliphatic carboxylic acids is 1. The van der Waals surface area contributed by atoms with Crippen LogP contribution >= 0.6 is 0 Å².